The van der Waals surface area contributed by atoms with Crippen molar-refractivity contribution in [2.24, 2.45) is 0 Å². The quantitative estimate of drug-likeness (QED) is 0.563. The van der Waals surface area contributed by atoms with E-state index < -0.39 is 11.7 Å². The molecular weight excluding hydrogens is 170 g/mol. The minimum Gasteiger partial charge on any atom is -0.303 e. The number of rotatable bonds is 0. The Balaban J connectivity index is 2.60. The van der Waals surface area contributed by atoms with E-state index in [0.29, 0.717) is 0 Å². The third-order valence-electron chi connectivity index (χ3n) is 1.69. The van der Waals surface area contributed by atoms with Crippen LogP contribution in [0, 0.1) is 11.3 Å². The summed E-state index contributed by atoms with van der Waals surface area (Å²) in [5.74, 6) is -1.13. The molecule has 1 aromatic heterocycles. The van der Waals surface area contributed by atoms with Crippen molar-refractivity contribution < 1.29 is 9.59 Å². The third kappa shape index (κ3) is 0.964. The lowest BCUT2D eigenvalue weighted by Gasteiger charge is -1.93. The summed E-state index contributed by atoms with van der Waals surface area (Å²) in [5.41, 5.74) is 0.401. The molecule has 2 rings (SSSR count). The molecule has 62 valence electrons. The van der Waals surface area contributed by atoms with Crippen LogP contribution >= 0.6 is 0 Å². The van der Waals surface area contributed by atoms with E-state index in [4.69, 9.17) is 5.26 Å². The van der Waals surface area contributed by atoms with Crippen molar-refractivity contribution in [3.63, 3.8) is 0 Å². The summed E-state index contributed by atoms with van der Waals surface area (Å²) in [4.78, 5) is 25.7. The van der Waals surface area contributed by atoms with Crippen LogP contribution in [0.5, 0.6) is 0 Å². The number of ketones is 1. The molecule has 1 aliphatic rings. The van der Waals surface area contributed by atoms with Crippen molar-refractivity contribution in [2.45, 2.75) is 0 Å². The number of carbonyl (C=O) groups is 2. The van der Waals surface area contributed by atoms with Crippen LogP contribution < -0.4 is 5.32 Å². The van der Waals surface area contributed by atoms with Crippen molar-refractivity contribution >= 4 is 17.5 Å². The van der Waals surface area contributed by atoms with Gasteiger partial charge in [0.25, 0.3) is 11.7 Å². The Kier molecular flexibility index (Phi) is 1.36. The number of fused-ring (bicyclic) bond motifs is 1. The second kappa shape index (κ2) is 2.38. The Bertz CT molecular complexity index is 459. The summed E-state index contributed by atoms with van der Waals surface area (Å²) in [6, 6.07) is 4.63. The van der Waals surface area contributed by atoms with E-state index in [9.17, 15) is 9.59 Å². The number of nitriles is 1. The summed E-state index contributed by atoms with van der Waals surface area (Å²) in [7, 11) is 0. The molecule has 0 fully saturated rings. The molecule has 1 aliphatic heterocycles. The van der Waals surface area contributed by atoms with Gasteiger partial charge in [-0.3, -0.25) is 9.59 Å². The standard InChI is InChI=1S/C8H3N3O2/c9-3-4-1-2-5-6(12)8(13)11-7(5)10-4/h1-2H,(H,10,11,12,13). The lowest BCUT2D eigenvalue weighted by molar-refractivity contribution is -0.112. The second-order valence-corrected chi connectivity index (χ2v) is 2.49. The van der Waals surface area contributed by atoms with Gasteiger partial charge in [-0.05, 0) is 12.1 Å². The predicted molar refractivity (Wildman–Crippen MR) is 41.9 cm³/mol. The average molecular weight is 173 g/mol. The van der Waals surface area contributed by atoms with Gasteiger partial charge in [-0.1, -0.05) is 0 Å². The lowest BCUT2D eigenvalue weighted by Crippen LogP contribution is -2.12. The van der Waals surface area contributed by atoms with E-state index in [-0.39, 0.29) is 17.1 Å². The number of nitrogens with one attached hydrogen (secondary N) is 1. The van der Waals surface area contributed by atoms with E-state index in [1.807, 2.05) is 6.07 Å². The van der Waals surface area contributed by atoms with Gasteiger partial charge in [-0.15, -0.1) is 0 Å². The monoisotopic (exact) mass is 173 g/mol. The van der Waals surface area contributed by atoms with Crippen molar-refractivity contribution in [1.82, 2.24) is 4.98 Å². The van der Waals surface area contributed by atoms with E-state index in [1.165, 1.54) is 12.1 Å². The van der Waals surface area contributed by atoms with E-state index >= 15 is 0 Å². The van der Waals surface area contributed by atoms with Gasteiger partial charge in [-0.25, -0.2) is 4.98 Å². The molecule has 0 unspecified atom stereocenters. The average Bonchev–Trinajstić information content (AvgIpc) is 2.42. The number of pyridine rings is 1. The third-order valence-corrected chi connectivity index (χ3v) is 1.69. The maximum atomic E-state index is 11.1. The molecule has 0 saturated carbocycles. The molecular formula is C8H3N3O2. The van der Waals surface area contributed by atoms with E-state index in [2.05, 4.69) is 10.3 Å². The molecule has 13 heavy (non-hydrogen) atoms. The molecule has 5 heteroatoms. The molecule has 0 spiro atoms. The van der Waals surface area contributed by atoms with Gasteiger partial charge >= 0.3 is 0 Å². The molecule has 0 bridgehead atoms. The Labute approximate surface area is 73.0 Å². The van der Waals surface area contributed by atoms with Gasteiger partial charge in [0, 0.05) is 0 Å². The van der Waals surface area contributed by atoms with Gasteiger partial charge in [-0.2, -0.15) is 5.26 Å². The normalized spacial score (nSPS) is 13.5. The van der Waals surface area contributed by atoms with Crippen LogP contribution in [0.1, 0.15) is 16.1 Å². The molecule has 0 aromatic carbocycles. The minimum atomic E-state index is -0.697. The summed E-state index contributed by atoms with van der Waals surface area (Å²) < 4.78 is 0. The number of anilines is 1. The lowest BCUT2D eigenvalue weighted by atomic mass is 10.2. The molecule has 1 N–H and O–H groups in total. The van der Waals surface area contributed by atoms with Gasteiger partial charge < -0.3 is 5.32 Å². The summed E-state index contributed by atoms with van der Waals surface area (Å²) in [5, 5.41) is 10.8. The molecule has 0 radical (unpaired) electrons. The molecule has 0 saturated heterocycles. The molecule has 0 aliphatic carbocycles. The fourth-order valence-electron chi connectivity index (χ4n) is 1.09. The number of hydrogen-bond donors (Lipinski definition) is 1. The molecule has 0 atom stereocenters. The predicted octanol–water partition coefficient (Wildman–Crippen LogP) is 0.0881. The van der Waals surface area contributed by atoms with Crippen LogP contribution in [0.25, 0.3) is 0 Å². The second-order valence-electron chi connectivity index (χ2n) is 2.49. The zero-order valence-corrected chi connectivity index (χ0v) is 6.37. The highest BCUT2D eigenvalue weighted by molar-refractivity contribution is 6.51. The highest BCUT2D eigenvalue weighted by Gasteiger charge is 2.28. The highest BCUT2D eigenvalue weighted by atomic mass is 16.2. The fourth-order valence-corrected chi connectivity index (χ4v) is 1.09. The number of nitrogens with zero attached hydrogens (tertiary/aromatic N) is 2. The molecule has 2 heterocycles. The Morgan fingerprint density at radius 2 is 2.15 bits per heavy atom. The Morgan fingerprint density at radius 3 is 2.85 bits per heavy atom. The topological polar surface area (TPSA) is 82.8 Å². The minimum absolute atomic E-state index is 0.175. The zero-order chi connectivity index (χ0) is 9.42. The number of aromatic nitrogens is 1. The number of hydrogen-bond acceptors (Lipinski definition) is 4. The van der Waals surface area contributed by atoms with E-state index in [1.54, 1.807) is 0 Å². The van der Waals surface area contributed by atoms with E-state index in [0.717, 1.165) is 0 Å². The van der Waals surface area contributed by atoms with Crippen LogP contribution in [-0.2, 0) is 4.79 Å². The van der Waals surface area contributed by atoms with Gasteiger partial charge in [0.05, 0.1) is 5.56 Å². The van der Waals surface area contributed by atoms with Crippen LogP contribution in [0.15, 0.2) is 12.1 Å². The Hall–Kier alpha value is -2.22. The maximum Gasteiger partial charge on any atom is 0.298 e. The highest BCUT2D eigenvalue weighted by Crippen LogP contribution is 2.19. The number of Topliss-reactive ketones (excluding diaryl/α,β-unsaturated/α-hetero) is 1. The van der Waals surface area contributed by atoms with Crippen LogP contribution in [0.4, 0.5) is 5.82 Å². The molecule has 1 aromatic rings. The summed E-state index contributed by atoms with van der Waals surface area (Å²) in [6.07, 6.45) is 0. The van der Waals surface area contributed by atoms with Crippen molar-refractivity contribution in [3.05, 3.63) is 23.4 Å². The first kappa shape index (κ1) is 7.43. The summed E-state index contributed by atoms with van der Waals surface area (Å²) in [6.45, 7) is 0. The first-order chi connectivity index (χ1) is 6.22. The first-order valence-corrected chi connectivity index (χ1v) is 3.49. The Morgan fingerprint density at radius 1 is 1.38 bits per heavy atom. The van der Waals surface area contributed by atoms with Gasteiger partial charge in [0.2, 0.25) is 0 Å². The van der Waals surface area contributed by atoms with Crippen molar-refractivity contribution in [2.75, 3.05) is 5.32 Å². The van der Waals surface area contributed by atoms with Gasteiger partial charge in [0.1, 0.15) is 17.6 Å². The number of amides is 1. The maximum absolute atomic E-state index is 11.1. The first-order valence-electron chi connectivity index (χ1n) is 3.49. The number of carbonyl (C=O) groups excluding carboxylic acids is 2. The van der Waals surface area contributed by atoms with Crippen LogP contribution in [-0.4, -0.2) is 16.7 Å². The van der Waals surface area contributed by atoms with Crippen LogP contribution in [0.3, 0.4) is 0 Å². The zero-order valence-electron chi connectivity index (χ0n) is 6.37. The van der Waals surface area contributed by atoms with Crippen LogP contribution in [0.2, 0.25) is 0 Å². The molecule has 5 nitrogen and oxygen atoms in total. The van der Waals surface area contributed by atoms with Gasteiger partial charge in [0.15, 0.2) is 0 Å². The van der Waals surface area contributed by atoms with Crippen molar-refractivity contribution in [1.29, 1.82) is 5.26 Å². The van der Waals surface area contributed by atoms with Crippen molar-refractivity contribution in [3.8, 4) is 6.07 Å². The smallest absolute Gasteiger partial charge is 0.298 e. The molecule has 1 amide bonds. The SMILES string of the molecule is N#Cc1ccc2c(n1)NC(=O)C2=O. The summed E-state index contributed by atoms with van der Waals surface area (Å²) >= 11 is 0. The fraction of sp³-hybridized carbons (Fsp3) is 0. The largest absolute Gasteiger partial charge is 0.303 e.